The van der Waals surface area contributed by atoms with Crippen molar-refractivity contribution >= 4 is 0 Å². The van der Waals surface area contributed by atoms with E-state index in [0.29, 0.717) is 6.61 Å². The molecule has 1 N–H and O–H groups in total. The maximum absolute atomic E-state index is 9.47. The average Bonchev–Trinajstić information content (AvgIpc) is 2.46. The van der Waals surface area contributed by atoms with Crippen molar-refractivity contribution in [2.45, 2.75) is 0 Å². The van der Waals surface area contributed by atoms with E-state index in [1.807, 2.05) is 30.3 Å². The molecule has 0 unspecified atom stereocenters. The molecule has 0 aliphatic heterocycles. The third kappa shape index (κ3) is 2.93. The number of hydrogen-bond donors (Lipinski definition) is 1. The van der Waals surface area contributed by atoms with Crippen LogP contribution in [0.5, 0.6) is 11.5 Å². The maximum Gasteiger partial charge on any atom is 0.133 e. The molecule has 0 aliphatic carbocycles. The molecule has 2 rings (SSSR count). The van der Waals surface area contributed by atoms with Gasteiger partial charge in [-0.3, -0.25) is 0 Å². The molecule has 0 bridgehead atoms. The summed E-state index contributed by atoms with van der Waals surface area (Å²) in [6.45, 7) is 4.06. The molecule has 3 heteroatoms. The Morgan fingerprint density at radius 3 is 2.47 bits per heavy atom. The summed E-state index contributed by atoms with van der Waals surface area (Å²) < 4.78 is 5.40. The number of ether oxygens (including phenoxy) is 1. The molecule has 0 saturated carbocycles. The van der Waals surface area contributed by atoms with Gasteiger partial charge in [0.2, 0.25) is 0 Å². The van der Waals surface area contributed by atoms with E-state index >= 15 is 0 Å². The van der Waals surface area contributed by atoms with E-state index in [-0.39, 0.29) is 11.3 Å². The molecule has 2 aromatic rings. The second kappa shape index (κ2) is 5.74. The first kappa shape index (κ1) is 12.7. The van der Waals surface area contributed by atoms with Crippen LogP contribution in [-0.2, 0) is 0 Å². The fourth-order valence-corrected chi connectivity index (χ4v) is 1.70. The highest BCUT2D eigenvalue weighted by molar-refractivity contribution is 5.67. The summed E-state index contributed by atoms with van der Waals surface area (Å²) in [5, 5.41) is 18.4. The highest BCUT2D eigenvalue weighted by Crippen LogP contribution is 2.26. The zero-order valence-corrected chi connectivity index (χ0v) is 10.3. The van der Waals surface area contributed by atoms with Crippen molar-refractivity contribution in [3.05, 3.63) is 60.7 Å². The van der Waals surface area contributed by atoms with Crippen LogP contribution in [0.4, 0.5) is 0 Å². The van der Waals surface area contributed by atoms with Gasteiger partial charge in [-0.25, -0.2) is 0 Å². The quantitative estimate of drug-likeness (QED) is 0.846. The van der Waals surface area contributed by atoms with E-state index in [1.54, 1.807) is 18.2 Å². The van der Waals surface area contributed by atoms with Gasteiger partial charge in [0.1, 0.15) is 24.2 Å². The zero-order chi connectivity index (χ0) is 13.7. The van der Waals surface area contributed by atoms with Crippen molar-refractivity contribution in [1.29, 1.82) is 5.26 Å². The Balaban J connectivity index is 2.27. The molecule has 0 radical (unpaired) electrons. The predicted octanol–water partition coefficient (Wildman–Crippen LogP) is 3.50. The van der Waals surface area contributed by atoms with E-state index in [9.17, 15) is 5.11 Å². The number of hydrogen-bond acceptors (Lipinski definition) is 3. The van der Waals surface area contributed by atoms with E-state index < -0.39 is 0 Å². The van der Waals surface area contributed by atoms with Crippen LogP contribution in [0.3, 0.4) is 0 Å². The Morgan fingerprint density at radius 2 is 1.84 bits per heavy atom. The molecule has 0 amide bonds. The van der Waals surface area contributed by atoms with Crippen LogP contribution >= 0.6 is 0 Å². The summed E-state index contributed by atoms with van der Waals surface area (Å²) in [5.74, 6) is 0.764. The number of nitriles is 1. The summed E-state index contributed by atoms with van der Waals surface area (Å²) in [4.78, 5) is 0. The minimum absolute atomic E-state index is 0.00261. The van der Waals surface area contributed by atoms with Crippen LogP contribution in [0.2, 0.25) is 0 Å². The third-order valence-electron chi connectivity index (χ3n) is 2.67. The summed E-state index contributed by atoms with van der Waals surface area (Å²) in [6, 6.07) is 14.5. The molecule has 0 aliphatic rings. The Labute approximate surface area is 112 Å². The lowest BCUT2D eigenvalue weighted by Gasteiger charge is -2.06. The number of nitrogens with zero attached hydrogens (tertiary/aromatic N) is 1. The van der Waals surface area contributed by atoms with Gasteiger partial charge in [-0.15, -0.1) is 0 Å². The SMILES string of the molecule is C=CCOc1ccc(-c2ccc(O)c(C#N)c2)cc1. The van der Waals surface area contributed by atoms with Gasteiger partial charge in [0.25, 0.3) is 0 Å². The van der Waals surface area contributed by atoms with E-state index in [1.165, 1.54) is 6.07 Å². The van der Waals surface area contributed by atoms with Crippen molar-refractivity contribution in [3.8, 4) is 28.7 Å². The van der Waals surface area contributed by atoms with Crippen molar-refractivity contribution in [1.82, 2.24) is 0 Å². The highest BCUT2D eigenvalue weighted by Gasteiger charge is 2.04. The van der Waals surface area contributed by atoms with Crippen LogP contribution in [-0.4, -0.2) is 11.7 Å². The van der Waals surface area contributed by atoms with Gasteiger partial charge in [-0.2, -0.15) is 5.26 Å². The molecule has 0 saturated heterocycles. The fraction of sp³-hybridized carbons (Fsp3) is 0.0625. The van der Waals surface area contributed by atoms with Crippen LogP contribution in [0.1, 0.15) is 5.56 Å². The number of phenolic OH excluding ortho intramolecular Hbond substituents is 1. The van der Waals surface area contributed by atoms with Gasteiger partial charge in [0.15, 0.2) is 0 Å². The van der Waals surface area contributed by atoms with E-state index in [2.05, 4.69) is 6.58 Å². The fourth-order valence-electron chi connectivity index (χ4n) is 1.70. The standard InChI is InChI=1S/C16H13NO2/c1-2-9-19-15-6-3-12(4-7-15)13-5-8-16(18)14(10-13)11-17/h2-8,10,18H,1,9H2. The highest BCUT2D eigenvalue weighted by atomic mass is 16.5. The second-order valence-corrected chi connectivity index (χ2v) is 3.97. The molecular formula is C16H13NO2. The van der Waals surface area contributed by atoms with Gasteiger partial charge < -0.3 is 9.84 Å². The molecule has 0 fully saturated rings. The largest absolute Gasteiger partial charge is 0.507 e. The predicted molar refractivity (Wildman–Crippen MR) is 73.9 cm³/mol. The summed E-state index contributed by atoms with van der Waals surface area (Å²) in [5.41, 5.74) is 2.11. The van der Waals surface area contributed by atoms with Crippen LogP contribution in [0.25, 0.3) is 11.1 Å². The van der Waals surface area contributed by atoms with Gasteiger partial charge in [0, 0.05) is 0 Å². The summed E-state index contributed by atoms with van der Waals surface area (Å²) in [6.07, 6.45) is 1.69. The molecule has 0 heterocycles. The summed E-state index contributed by atoms with van der Waals surface area (Å²) >= 11 is 0. The lowest BCUT2D eigenvalue weighted by molar-refractivity contribution is 0.363. The van der Waals surface area contributed by atoms with E-state index in [4.69, 9.17) is 10.00 Å². The molecule has 19 heavy (non-hydrogen) atoms. The van der Waals surface area contributed by atoms with Crippen LogP contribution in [0.15, 0.2) is 55.1 Å². The van der Waals surface area contributed by atoms with Gasteiger partial charge >= 0.3 is 0 Å². The van der Waals surface area contributed by atoms with E-state index in [0.717, 1.165) is 16.9 Å². The van der Waals surface area contributed by atoms with Gasteiger partial charge in [-0.1, -0.05) is 30.9 Å². The Kier molecular flexibility index (Phi) is 3.84. The topological polar surface area (TPSA) is 53.2 Å². The first-order chi connectivity index (χ1) is 9.24. The van der Waals surface area contributed by atoms with Crippen LogP contribution < -0.4 is 4.74 Å². The monoisotopic (exact) mass is 251 g/mol. The molecular weight excluding hydrogens is 238 g/mol. The minimum Gasteiger partial charge on any atom is -0.507 e. The van der Waals surface area contributed by atoms with Crippen molar-refractivity contribution in [2.75, 3.05) is 6.61 Å². The first-order valence-corrected chi connectivity index (χ1v) is 5.82. The average molecular weight is 251 g/mol. The smallest absolute Gasteiger partial charge is 0.133 e. The van der Waals surface area contributed by atoms with Crippen molar-refractivity contribution in [3.63, 3.8) is 0 Å². The lowest BCUT2D eigenvalue weighted by atomic mass is 10.0. The zero-order valence-electron chi connectivity index (χ0n) is 10.3. The van der Waals surface area contributed by atoms with Crippen LogP contribution in [0, 0.1) is 11.3 Å². The molecule has 2 aromatic carbocycles. The molecule has 3 nitrogen and oxygen atoms in total. The second-order valence-electron chi connectivity index (χ2n) is 3.97. The number of benzene rings is 2. The lowest BCUT2D eigenvalue weighted by Crippen LogP contribution is -1.92. The molecule has 94 valence electrons. The van der Waals surface area contributed by atoms with Crippen molar-refractivity contribution in [2.24, 2.45) is 0 Å². The Hall–Kier alpha value is -2.73. The van der Waals surface area contributed by atoms with Gasteiger partial charge in [0.05, 0.1) is 5.56 Å². The van der Waals surface area contributed by atoms with Gasteiger partial charge in [-0.05, 0) is 35.4 Å². The number of phenols is 1. The summed E-state index contributed by atoms with van der Waals surface area (Å²) in [7, 11) is 0. The number of rotatable bonds is 4. The molecule has 0 aromatic heterocycles. The first-order valence-electron chi connectivity index (χ1n) is 5.82. The molecule has 0 atom stereocenters. The maximum atomic E-state index is 9.47. The normalized spacial score (nSPS) is 9.63. The van der Waals surface area contributed by atoms with Crippen molar-refractivity contribution < 1.29 is 9.84 Å². The Morgan fingerprint density at radius 1 is 1.16 bits per heavy atom. The minimum atomic E-state index is -0.00261. The molecule has 0 spiro atoms. The number of aromatic hydroxyl groups is 1. The third-order valence-corrected chi connectivity index (χ3v) is 2.67. The Bertz CT molecular complexity index is 624.